The van der Waals surface area contributed by atoms with Crippen molar-refractivity contribution in [1.29, 1.82) is 0 Å². The highest BCUT2D eigenvalue weighted by molar-refractivity contribution is 5.07. The highest BCUT2D eigenvalue weighted by Crippen LogP contribution is 2.66. The van der Waals surface area contributed by atoms with Crippen LogP contribution in [0.1, 0.15) is 66.7 Å². The summed E-state index contributed by atoms with van der Waals surface area (Å²) in [7, 11) is 0. The van der Waals surface area contributed by atoms with E-state index in [0.717, 1.165) is 17.8 Å². The molecule has 2 aliphatic carbocycles. The van der Waals surface area contributed by atoms with Crippen molar-refractivity contribution in [3.05, 3.63) is 0 Å². The number of rotatable bonds is 1. The van der Waals surface area contributed by atoms with Crippen molar-refractivity contribution < 1.29 is 0 Å². The predicted molar refractivity (Wildman–Crippen MR) is 66.8 cm³/mol. The Morgan fingerprint density at radius 1 is 1.00 bits per heavy atom. The lowest BCUT2D eigenvalue weighted by molar-refractivity contribution is -0.0568. The summed E-state index contributed by atoms with van der Waals surface area (Å²) in [6, 6.07) is 0. The summed E-state index contributed by atoms with van der Waals surface area (Å²) >= 11 is 0. The van der Waals surface area contributed by atoms with Gasteiger partial charge >= 0.3 is 0 Å². The monoisotopic (exact) mass is 208 g/mol. The van der Waals surface area contributed by atoms with Crippen molar-refractivity contribution >= 4 is 0 Å². The van der Waals surface area contributed by atoms with E-state index in [0.29, 0.717) is 10.8 Å². The summed E-state index contributed by atoms with van der Waals surface area (Å²) in [5, 5.41) is 0. The molecule has 0 aliphatic heterocycles. The average Bonchev–Trinajstić information content (AvgIpc) is 2.45. The van der Waals surface area contributed by atoms with Gasteiger partial charge in [-0.25, -0.2) is 0 Å². The lowest BCUT2D eigenvalue weighted by atomic mass is 9.50. The molecule has 1 unspecified atom stereocenters. The fourth-order valence-corrected chi connectivity index (χ4v) is 4.78. The molecule has 0 aromatic carbocycles. The van der Waals surface area contributed by atoms with E-state index >= 15 is 0 Å². The van der Waals surface area contributed by atoms with Crippen LogP contribution in [0.2, 0.25) is 0 Å². The van der Waals surface area contributed by atoms with Crippen LogP contribution in [-0.2, 0) is 0 Å². The topological polar surface area (TPSA) is 0 Å². The highest BCUT2D eigenvalue weighted by Gasteiger charge is 2.58. The Balaban J connectivity index is 2.31. The van der Waals surface area contributed by atoms with Gasteiger partial charge in [-0.15, -0.1) is 0 Å². The molecular formula is C15H28. The predicted octanol–water partition coefficient (Wildman–Crippen LogP) is 4.89. The zero-order chi connectivity index (χ0) is 11.3. The number of hydrogen-bond acceptors (Lipinski definition) is 0. The van der Waals surface area contributed by atoms with Crippen molar-refractivity contribution in [3.63, 3.8) is 0 Å². The molecular weight excluding hydrogens is 180 g/mol. The SMILES string of the molecule is CCC1CC[C@@]2(C)[C@H](C)CC[C@@]2(C)[C@@H]1C. The Labute approximate surface area is 95.8 Å². The van der Waals surface area contributed by atoms with Gasteiger partial charge < -0.3 is 0 Å². The summed E-state index contributed by atoms with van der Waals surface area (Å²) in [5.41, 5.74) is 1.27. The van der Waals surface area contributed by atoms with Gasteiger partial charge in [0.05, 0.1) is 0 Å². The standard InChI is InChI=1S/C15H28/c1-6-13-8-10-14(4)11(2)7-9-15(14,5)12(13)3/h11-13H,6-10H2,1-5H3/t11-,12-,13?,14+,15+/m1/s1. The number of fused-ring (bicyclic) bond motifs is 1. The minimum absolute atomic E-state index is 0.630. The molecule has 0 nitrogen and oxygen atoms in total. The molecule has 0 heterocycles. The van der Waals surface area contributed by atoms with Gasteiger partial charge in [-0.05, 0) is 54.3 Å². The first-order chi connectivity index (χ1) is 6.95. The van der Waals surface area contributed by atoms with Crippen LogP contribution in [0.25, 0.3) is 0 Å². The minimum Gasteiger partial charge on any atom is -0.0651 e. The van der Waals surface area contributed by atoms with Crippen LogP contribution in [0.15, 0.2) is 0 Å². The van der Waals surface area contributed by atoms with Crippen LogP contribution in [-0.4, -0.2) is 0 Å². The maximum Gasteiger partial charge on any atom is -0.0241 e. The molecule has 0 amide bonds. The molecule has 0 bridgehead atoms. The molecule has 2 saturated carbocycles. The van der Waals surface area contributed by atoms with E-state index < -0.39 is 0 Å². The zero-order valence-corrected chi connectivity index (χ0v) is 11.3. The molecule has 0 radical (unpaired) electrons. The Bertz CT molecular complexity index is 244. The summed E-state index contributed by atoms with van der Waals surface area (Å²) < 4.78 is 0. The molecule has 5 atom stereocenters. The maximum absolute atomic E-state index is 2.59. The third kappa shape index (κ3) is 1.33. The van der Waals surface area contributed by atoms with E-state index in [1.807, 2.05) is 0 Å². The summed E-state index contributed by atoms with van der Waals surface area (Å²) in [5.74, 6) is 2.88. The fraction of sp³-hybridized carbons (Fsp3) is 1.00. The molecule has 2 fully saturated rings. The van der Waals surface area contributed by atoms with Crippen LogP contribution >= 0.6 is 0 Å². The van der Waals surface area contributed by atoms with Crippen LogP contribution in [0.4, 0.5) is 0 Å². The highest BCUT2D eigenvalue weighted by atomic mass is 14.6. The quantitative estimate of drug-likeness (QED) is 0.576. The third-order valence-electron chi connectivity index (χ3n) is 6.76. The van der Waals surface area contributed by atoms with Gasteiger partial charge in [-0.3, -0.25) is 0 Å². The van der Waals surface area contributed by atoms with Crippen molar-refractivity contribution in [3.8, 4) is 0 Å². The molecule has 88 valence electrons. The smallest absolute Gasteiger partial charge is 0.0241 e. The Kier molecular flexibility index (Phi) is 2.68. The Morgan fingerprint density at radius 2 is 1.60 bits per heavy atom. The maximum atomic E-state index is 2.59. The Hall–Kier alpha value is 0. The van der Waals surface area contributed by atoms with E-state index in [9.17, 15) is 0 Å². The lowest BCUT2D eigenvalue weighted by Crippen LogP contribution is -2.47. The van der Waals surface area contributed by atoms with Crippen LogP contribution in [0, 0.1) is 28.6 Å². The first kappa shape index (κ1) is 11.5. The first-order valence-electron chi connectivity index (χ1n) is 6.95. The van der Waals surface area contributed by atoms with Gasteiger partial charge in [-0.2, -0.15) is 0 Å². The second kappa shape index (κ2) is 3.50. The van der Waals surface area contributed by atoms with Crippen LogP contribution in [0.3, 0.4) is 0 Å². The summed E-state index contributed by atoms with van der Waals surface area (Å²) in [6.45, 7) is 12.6. The van der Waals surface area contributed by atoms with Gasteiger partial charge in [0, 0.05) is 0 Å². The number of hydrogen-bond donors (Lipinski definition) is 0. The normalized spacial score (nSPS) is 55.4. The van der Waals surface area contributed by atoms with Crippen molar-refractivity contribution in [2.24, 2.45) is 28.6 Å². The lowest BCUT2D eigenvalue weighted by Gasteiger charge is -2.54. The van der Waals surface area contributed by atoms with Crippen molar-refractivity contribution in [2.45, 2.75) is 66.7 Å². The van der Waals surface area contributed by atoms with Crippen molar-refractivity contribution in [1.82, 2.24) is 0 Å². The van der Waals surface area contributed by atoms with Gasteiger partial charge in [0.1, 0.15) is 0 Å². The van der Waals surface area contributed by atoms with E-state index in [2.05, 4.69) is 34.6 Å². The van der Waals surface area contributed by atoms with Crippen molar-refractivity contribution in [2.75, 3.05) is 0 Å². The van der Waals surface area contributed by atoms with Crippen LogP contribution < -0.4 is 0 Å². The third-order valence-corrected chi connectivity index (χ3v) is 6.76. The molecule has 0 aromatic rings. The summed E-state index contributed by atoms with van der Waals surface area (Å²) in [6.07, 6.45) is 7.29. The first-order valence-corrected chi connectivity index (χ1v) is 6.95. The molecule has 0 heteroatoms. The molecule has 0 saturated heterocycles. The molecule has 0 N–H and O–H groups in total. The molecule has 15 heavy (non-hydrogen) atoms. The van der Waals surface area contributed by atoms with Gasteiger partial charge in [-0.1, -0.05) is 41.0 Å². The minimum atomic E-state index is 0.630. The largest absolute Gasteiger partial charge is 0.0651 e. The van der Waals surface area contributed by atoms with Gasteiger partial charge in [0.2, 0.25) is 0 Å². The molecule has 0 spiro atoms. The van der Waals surface area contributed by atoms with E-state index in [4.69, 9.17) is 0 Å². The fourth-order valence-electron chi connectivity index (χ4n) is 4.78. The van der Waals surface area contributed by atoms with Gasteiger partial charge in [0.25, 0.3) is 0 Å². The molecule has 2 rings (SSSR count). The van der Waals surface area contributed by atoms with E-state index in [-0.39, 0.29) is 0 Å². The zero-order valence-electron chi connectivity index (χ0n) is 11.3. The second-order valence-corrected chi connectivity index (χ2v) is 6.77. The Morgan fingerprint density at radius 3 is 2.20 bits per heavy atom. The average molecular weight is 208 g/mol. The van der Waals surface area contributed by atoms with Crippen LogP contribution in [0.5, 0.6) is 0 Å². The summed E-state index contributed by atoms with van der Waals surface area (Å²) in [4.78, 5) is 0. The molecule has 2 aliphatic rings. The van der Waals surface area contributed by atoms with E-state index in [1.165, 1.54) is 32.1 Å². The van der Waals surface area contributed by atoms with Gasteiger partial charge in [0.15, 0.2) is 0 Å². The van der Waals surface area contributed by atoms with E-state index in [1.54, 1.807) is 0 Å². The molecule has 0 aromatic heterocycles. The second-order valence-electron chi connectivity index (χ2n) is 6.77.